The van der Waals surface area contributed by atoms with Crippen LogP contribution in [0.1, 0.15) is 5.56 Å². The average molecular weight is 244 g/mol. The Morgan fingerprint density at radius 2 is 2.06 bits per heavy atom. The molecule has 1 N–H and O–H groups in total. The minimum Gasteiger partial charge on any atom is -0.496 e. The van der Waals surface area contributed by atoms with E-state index in [2.05, 4.69) is 0 Å². The van der Waals surface area contributed by atoms with Gasteiger partial charge in [-0.15, -0.1) is 0 Å². The summed E-state index contributed by atoms with van der Waals surface area (Å²) in [4.78, 5) is 10.7. The Morgan fingerprint density at radius 3 is 2.50 bits per heavy atom. The van der Waals surface area contributed by atoms with Gasteiger partial charge in [-0.1, -0.05) is 0 Å². The second-order valence-electron chi connectivity index (χ2n) is 3.32. The number of carboxylic acid groups (broad SMARTS) is 1. The topological polar surface area (TPSA) is 80.7 Å². The molecule has 0 amide bonds. The molecule has 0 aliphatic carbocycles. The standard InChI is InChI=1S/C10H12O5S/c1-15-9-4-3-8(16(2,13)14)5-7(9)6-10(11)12/h3-5H,6H2,1-2H3,(H,11,12). The Hall–Kier alpha value is -1.56. The van der Waals surface area contributed by atoms with Crippen LogP contribution in [0.2, 0.25) is 0 Å². The predicted octanol–water partition coefficient (Wildman–Crippen LogP) is 0.726. The van der Waals surface area contributed by atoms with Gasteiger partial charge in [0, 0.05) is 11.8 Å². The lowest BCUT2D eigenvalue weighted by molar-refractivity contribution is -0.136. The van der Waals surface area contributed by atoms with E-state index in [1.54, 1.807) is 0 Å². The van der Waals surface area contributed by atoms with Crippen molar-refractivity contribution < 1.29 is 23.1 Å². The maximum atomic E-state index is 11.3. The number of rotatable bonds is 4. The first kappa shape index (κ1) is 12.5. The molecule has 1 aromatic carbocycles. The number of ether oxygens (including phenoxy) is 1. The van der Waals surface area contributed by atoms with Crippen LogP contribution in [0.25, 0.3) is 0 Å². The predicted molar refractivity (Wildman–Crippen MR) is 57.4 cm³/mol. The summed E-state index contributed by atoms with van der Waals surface area (Å²) in [5, 5.41) is 8.68. The molecule has 0 unspecified atom stereocenters. The molecule has 1 aromatic rings. The summed E-state index contributed by atoms with van der Waals surface area (Å²) >= 11 is 0. The first-order valence-electron chi connectivity index (χ1n) is 4.43. The van der Waals surface area contributed by atoms with Crippen molar-refractivity contribution in [3.8, 4) is 5.75 Å². The van der Waals surface area contributed by atoms with Crippen LogP contribution in [-0.4, -0.2) is 32.9 Å². The first-order chi connectivity index (χ1) is 7.34. The van der Waals surface area contributed by atoms with Crippen LogP contribution < -0.4 is 4.74 Å². The largest absolute Gasteiger partial charge is 0.496 e. The van der Waals surface area contributed by atoms with Crippen molar-refractivity contribution >= 4 is 15.8 Å². The normalized spacial score (nSPS) is 11.1. The Balaban J connectivity index is 3.27. The van der Waals surface area contributed by atoms with Crippen LogP contribution in [0.15, 0.2) is 23.1 Å². The smallest absolute Gasteiger partial charge is 0.307 e. The lowest BCUT2D eigenvalue weighted by Crippen LogP contribution is -2.05. The molecule has 0 atom stereocenters. The highest BCUT2D eigenvalue weighted by atomic mass is 32.2. The fraction of sp³-hybridized carbons (Fsp3) is 0.300. The maximum Gasteiger partial charge on any atom is 0.307 e. The Morgan fingerprint density at radius 1 is 1.44 bits per heavy atom. The van der Waals surface area contributed by atoms with Gasteiger partial charge in [0.15, 0.2) is 9.84 Å². The van der Waals surface area contributed by atoms with E-state index >= 15 is 0 Å². The minimum atomic E-state index is -3.33. The van der Waals surface area contributed by atoms with Crippen molar-refractivity contribution in [2.75, 3.05) is 13.4 Å². The van der Waals surface area contributed by atoms with E-state index in [4.69, 9.17) is 9.84 Å². The lowest BCUT2D eigenvalue weighted by Gasteiger charge is -2.08. The van der Waals surface area contributed by atoms with Crippen molar-refractivity contribution in [3.05, 3.63) is 23.8 Å². The number of sulfone groups is 1. The first-order valence-corrected chi connectivity index (χ1v) is 6.32. The van der Waals surface area contributed by atoms with E-state index in [0.717, 1.165) is 6.26 Å². The van der Waals surface area contributed by atoms with Gasteiger partial charge < -0.3 is 9.84 Å². The molecule has 0 heterocycles. The lowest BCUT2D eigenvalue weighted by atomic mass is 10.1. The van der Waals surface area contributed by atoms with E-state index in [1.807, 2.05) is 0 Å². The molecule has 0 saturated heterocycles. The van der Waals surface area contributed by atoms with Crippen molar-refractivity contribution in [1.29, 1.82) is 0 Å². The molecule has 88 valence electrons. The monoisotopic (exact) mass is 244 g/mol. The zero-order valence-corrected chi connectivity index (χ0v) is 9.74. The molecule has 16 heavy (non-hydrogen) atoms. The number of carbonyl (C=O) groups is 1. The van der Waals surface area contributed by atoms with E-state index in [-0.39, 0.29) is 11.3 Å². The van der Waals surface area contributed by atoms with Crippen molar-refractivity contribution in [1.82, 2.24) is 0 Å². The highest BCUT2D eigenvalue weighted by molar-refractivity contribution is 7.90. The molecule has 0 aliphatic rings. The van der Waals surface area contributed by atoms with E-state index < -0.39 is 15.8 Å². The molecular weight excluding hydrogens is 232 g/mol. The van der Waals surface area contributed by atoms with Gasteiger partial charge in [0.05, 0.1) is 18.4 Å². The van der Waals surface area contributed by atoms with Crippen LogP contribution in [0, 0.1) is 0 Å². The molecule has 5 nitrogen and oxygen atoms in total. The van der Waals surface area contributed by atoms with Crippen LogP contribution in [0.4, 0.5) is 0 Å². The number of carboxylic acids is 1. The van der Waals surface area contributed by atoms with E-state index in [0.29, 0.717) is 11.3 Å². The average Bonchev–Trinajstić information content (AvgIpc) is 2.15. The molecule has 0 aromatic heterocycles. The molecule has 0 spiro atoms. The van der Waals surface area contributed by atoms with Crippen molar-refractivity contribution in [3.63, 3.8) is 0 Å². The zero-order valence-electron chi connectivity index (χ0n) is 8.93. The fourth-order valence-corrected chi connectivity index (χ4v) is 1.96. The summed E-state index contributed by atoms with van der Waals surface area (Å²) in [6, 6.07) is 4.16. The van der Waals surface area contributed by atoms with Crippen LogP contribution >= 0.6 is 0 Å². The molecule has 0 bridgehead atoms. The van der Waals surface area contributed by atoms with E-state index in [9.17, 15) is 13.2 Å². The molecule has 6 heteroatoms. The minimum absolute atomic E-state index is 0.0875. The zero-order chi connectivity index (χ0) is 12.3. The maximum absolute atomic E-state index is 11.3. The third kappa shape index (κ3) is 2.96. The third-order valence-corrected chi connectivity index (χ3v) is 3.13. The Kier molecular flexibility index (Phi) is 3.54. The van der Waals surface area contributed by atoms with Crippen molar-refractivity contribution in [2.45, 2.75) is 11.3 Å². The number of hydrogen-bond acceptors (Lipinski definition) is 4. The number of methoxy groups -OCH3 is 1. The number of hydrogen-bond donors (Lipinski definition) is 1. The van der Waals surface area contributed by atoms with Crippen molar-refractivity contribution in [2.24, 2.45) is 0 Å². The highest BCUT2D eigenvalue weighted by Gasteiger charge is 2.13. The second kappa shape index (κ2) is 4.52. The number of benzene rings is 1. The quantitative estimate of drug-likeness (QED) is 0.844. The van der Waals surface area contributed by atoms with Gasteiger partial charge in [0.1, 0.15) is 5.75 Å². The summed E-state index contributed by atoms with van der Waals surface area (Å²) < 4.78 is 27.5. The van der Waals surface area contributed by atoms with Gasteiger partial charge in [-0.25, -0.2) is 8.42 Å². The Bertz CT molecular complexity index is 504. The summed E-state index contributed by atoms with van der Waals surface area (Å²) in [5.41, 5.74) is 0.345. The third-order valence-electron chi connectivity index (χ3n) is 2.02. The summed E-state index contributed by atoms with van der Waals surface area (Å²) in [7, 11) is -1.93. The van der Waals surface area contributed by atoms with Gasteiger partial charge in [0.2, 0.25) is 0 Å². The molecular formula is C10H12O5S. The van der Waals surface area contributed by atoms with Gasteiger partial charge >= 0.3 is 5.97 Å². The van der Waals surface area contributed by atoms with Gasteiger partial charge in [-0.3, -0.25) is 4.79 Å². The van der Waals surface area contributed by atoms with E-state index in [1.165, 1.54) is 25.3 Å². The molecule has 0 fully saturated rings. The Labute approximate surface area is 93.6 Å². The van der Waals surface area contributed by atoms with Crippen LogP contribution in [-0.2, 0) is 21.1 Å². The SMILES string of the molecule is COc1ccc(S(C)(=O)=O)cc1CC(=O)O. The fourth-order valence-electron chi connectivity index (χ4n) is 1.29. The molecule has 0 saturated carbocycles. The van der Waals surface area contributed by atoms with Gasteiger partial charge in [-0.2, -0.15) is 0 Å². The molecule has 1 rings (SSSR count). The number of aliphatic carboxylic acids is 1. The van der Waals surface area contributed by atoms with Gasteiger partial charge in [0.25, 0.3) is 0 Å². The molecule has 0 radical (unpaired) electrons. The summed E-state index contributed by atoms with van der Waals surface area (Å²) in [5.74, 6) is -0.668. The summed E-state index contributed by atoms with van der Waals surface area (Å²) in [6.45, 7) is 0. The second-order valence-corrected chi connectivity index (χ2v) is 5.33. The summed E-state index contributed by atoms with van der Waals surface area (Å²) in [6.07, 6.45) is 0.798. The van der Waals surface area contributed by atoms with Crippen LogP contribution in [0.5, 0.6) is 5.75 Å². The highest BCUT2D eigenvalue weighted by Crippen LogP contribution is 2.22. The van der Waals surface area contributed by atoms with Crippen LogP contribution in [0.3, 0.4) is 0 Å². The molecule has 0 aliphatic heterocycles. The van der Waals surface area contributed by atoms with Gasteiger partial charge in [-0.05, 0) is 18.2 Å².